The summed E-state index contributed by atoms with van der Waals surface area (Å²) >= 11 is 0. The van der Waals surface area contributed by atoms with E-state index < -0.39 is 0 Å². The van der Waals surface area contributed by atoms with Crippen molar-refractivity contribution in [2.45, 2.75) is 97.3 Å². The van der Waals surface area contributed by atoms with Crippen molar-refractivity contribution in [3.8, 4) is 0 Å². The Morgan fingerprint density at radius 1 is 0.586 bits per heavy atom. The number of amides is 2. The van der Waals surface area contributed by atoms with E-state index in [2.05, 4.69) is 21.1 Å². The normalized spacial score (nSPS) is 12.1. The number of rotatable bonds is 18. The number of nitrogens with one attached hydrogen (secondary N) is 2. The summed E-state index contributed by atoms with van der Waals surface area (Å²) in [4.78, 5) is 23.6. The highest BCUT2D eigenvalue weighted by Gasteiger charge is 2.05. The molecule has 0 aliphatic heterocycles. The number of hydrogen-bond acceptors (Lipinski definition) is 6. The lowest BCUT2D eigenvalue weighted by Gasteiger charge is -2.04. The molecule has 0 bridgehead atoms. The topological polar surface area (TPSA) is 123 Å². The summed E-state index contributed by atoms with van der Waals surface area (Å²) in [6, 6.07) is 0. The third-order valence-electron chi connectivity index (χ3n) is 4.44. The van der Waals surface area contributed by atoms with E-state index in [1.54, 1.807) is 0 Å². The Bertz CT molecular complexity index is 463. The van der Waals surface area contributed by atoms with Crippen LogP contribution in [0, 0.1) is 0 Å². The molecule has 0 saturated heterocycles. The lowest BCUT2D eigenvalue weighted by atomic mass is 10.1. The average Bonchev–Trinajstić information content (AvgIpc) is 2.70. The predicted octanol–water partition coefficient (Wildman–Crippen LogP) is 3.03. The van der Waals surface area contributed by atoms with E-state index in [0.29, 0.717) is 6.42 Å². The second-order valence-corrected chi connectivity index (χ2v) is 7.39. The second kappa shape index (κ2) is 19.5. The van der Waals surface area contributed by atoms with Gasteiger partial charge in [-0.2, -0.15) is 10.2 Å². The molecule has 0 aromatic heterocycles. The Kier molecular flexibility index (Phi) is 18.3. The number of aliphatic hydroxyl groups excluding tert-OH is 2. The number of carbonyl (C=O) groups excluding carboxylic acids is 2. The van der Waals surface area contributed by atoms with Gasteiger partial charge in [-0.3, -0.25) is 9.59 Å². The van der Waals surface area contributed by atoms with Crippen molar-refractivity contribution < 1.29 is 19.8 Å². The summed E-state index contributed by atoms with van der Waals surface area (Å²) in [5.74, 6) is -0.389. The zero-order chi connectivity index (χ0) is 21.7. The summed E-state index contributed by atoms with van der Waals surface area (Å²) in [7, 11) is 0. The number of aliphatic hydroxyl groups is 2. The van der Waals surface area contributed by atoms with Crippen LogP contribution in [0.4, 0.5) is 0 Å². The highest BCUT2D eigenvalue weighted by Crippen LogP contribution is 2.04. The largest absolute Gasteiger partial charge is 0.396 e. The first kappa shape index (κ1) is 27.2. The quantitative estimate of drug-likeness (QED) is 0.157. The van der Waals surface area contributed by atoms with Crippen molar-refractivity contribution in [1.29, 1.82) is 0 Å². The van der Waals surface area contributed by atoms with Crippen LogP contribution in [0.15, 0.2) is 10.2 Å². The number of unbranched alkanes of at least 4 members (excludes halogenated alkanes) is 6. The summed E-state index contributed by atoms with van der Waals surface area (Å²) < 4.78 is 0. The SMILES string of the molecule is CC(CCCCCCO)=NNC(=O)CCCC(=O)NN=C(C)CCCCCCO. The molecule has 29 heavy (non-hydrogen) atoms. The molecule has 0 radical (unpaired) electrons. The van der Waals surface area contributed by atoms with E-state index in [9.17, 15) is 9.59 Å². The van der Waals surface area contributed by atoms with Crippen molar-refractivity contribution in [1.82, 2.24) is 10.9 Å². The molecule has 0 saturated carbocycles. The first-order chi connectivity index (χ1) is 14.0. The van der Waals surface area contributed by atoms with E-state index in [0.717, 1.165) is 75.6 Å². The van der Waals surface area contributed by atoms with Gasteiger partial charge in [0.05, 0.1) is 0 Å². The van der Waals surface area contributed by atoms with Gasteiger partial charge in [-0.25, -0.2) is 10.9 Å². The van der Waals surface area contributed by atoms with Crippen LogP contribution in [0.1, 0.15) is 97.3 Å². The zero-order valence-electron chi connectivity index (χ0n) is 18.2. The van der Waals surface area contributed by atoms with Gasteiger partial charge in [0.15, 0.2) is 0 Å². The second-order valence-electron chi connectivity index (χ2n) is 7.39. The molecular formula is C21H40N4O4. The van der Waals surface area contributed by atoms with Gasteiger partial charge in [0.2, 0.25) is 11.8 Å². The van der Waals surface area contributed by atoms with Crippen molar-refractivity contribution in [3.63, 3.8) is 0 Å². The molecule has 0 heterocycles. The highest BCUT2D eigenvalue weighted by molar-refractivity contribution is 5.85. The number of nitrogens with zero attached hydrogens (tertiary/aromatic N) is 2. The number of carbonyl (C=O) groups is 2. The van der Waals surface area contributed by atoms with Gasteiger partial charge >= 0.3 is 0 Å². The minimum atomic E-state index is -0.194. The molecule has 168 valence electrons. The molecule has 0 aromatic carbocycles. The molecule has 4 N–H and O–H groups in total. The molecule has 0 unspecified atom stereocenters. The van der Waals surface area contributed by atoms with Crippen LogP contribution < -0.4 is 10.9 Å². The summed E-state index contributed by atoms with van der Waals surface area (Å²) in [5.41, 5.74) is 6.81. The first-order valence-electron chi connectivity index (χ1n) is 10.8. The van der Waals surface area contributed by atoms with E-state index in [-0.39, 0.29) is 37.9 Å². The minimum absolute atomic E-state index is 0.194. The van der Waals surface area contributed by atoms with Crippen LogP contribution >= 0.6 is 0 Å². The minimum Gasteiger partial charge on any atom is -0.396 e. The van der Waals surface area contributed by atoms with Crippen LogP contribution in [-0.2, 0) is 9.59 Å². The van der Waals surface area contributed by atoms with Gasteiger partial charge in [-0.05, 0) is 58.8 Å². The summed E-state index contributed by atoms with van der Waals surface area (Å²) in [6.45, 7) is 4.23. The fraction of sp³-hybridized carbons (Fsp3) is 0.810. The van der Waals surface area contributed by atoms with Crippen LogP contribution in [0.25, 0.3) is 0 Å². The van der Waals surface area contributed by atoms with Crippen LogP contribution in [0.5, 0.6) is 0 Å². The molecule has 0 atom stereocenters. The predicted molar refractivity (Wildman–Crippen MR) is 117 cm³/mol. The smallest absolute Gasteiger partial charge is 0.240 e. The third kappa shape index (κ3) is 19.3. The highest BCUT2D eigenvalue weighted by atomic mass is 16.3. The molecule has 0 aromatic rings. The zero-order valence-corrected chi connectivity index (χ0v) is 18.2. The molecule has 0 fully saturated rings. The Morgan fingerprint density at radius 3 is 1.34 bits per heavy atom. The monoisotopic (exact) mass is 412 g/mol. The lowest BCUT2D eigenvalue weighted by Crippen LogP contribution is -2.21. The standard InChI is InChI=1S/C21H40N4O4/c1-18(12-7-3-5-9-16-26)22-24-20(28)14-11-15-21(29)25-23-19(2)13-8-4-6-10-17-27/h26-27H,3-17H2,1-2H3,(H,24,28)(H,25,29). The average molecular weight is 413 g/mol. The molecule has 0 spiro atoms. The molecule has 8 heteroatoms. The maximum Gasteiger partial charge on any atom is 0.240 e. The molecule has 0 aliphatic rings. The van der Waals surface area contributed by atoms with Gasteiger partial charge in [-0.15, -0.1) is 0 Å². The maximum atomic E-state index is 11.8. The summed E-state index contributed by atoms with van der Waals surface area (Å²) in [5, 5.41) is 25.6. The van der Waals surface area contributed by atoms with Gasteiger partial charge in [-0.1, -0.05) is 25.7 Å². The van der Waals surface area contributed by atoms with Gasteiger partial charge in [0.1, 0.15) is 0 Å². The van der Waals surface area contributed by atoms with Crippen molar-refractivity contribution in [2.24, 2.45) is 10.2 Å². The molecular weight excluding hydrogens is 372 g/mol. The molecule has 0 aliphatic carbocycles. The van der Waals surface area contributed by atoms with Gasteiger partial charge in [0, 0.05) is 37.5 Å². The van der Waals surface area contributed by atoms with Gasteiger partial charge < -0.3 is 10.2 Å². The lowest BCUT2D eigenvalue weighted by molar-refractivity contribution is -0.122. The Balaban J connectivity index is 3.79. The van der Waals surface area contributed by atoms with Crippen molar-refractivity contribution in [3.05, 3.63) is 0 Å². The van der Waals surface area contributed by atoms with E-state index in [1.165, 1.54) is 0 Å². The fourth-order valence-electron chi connectivity index (χ4n) is 2.64. The van der Waals surface area contributed by atoms with Crippen LogP contribution in [-0.4, -0.2) is 46.7 Å². The Morgan fingerprint density at radius 2 is 0.966 bits per heavy atom. The van der Waals surface area contributed by atoms with E-state index in [1.807, 2.05) is 13.8 Å². The molecule has 8 nitrogen and oxygen atoms in total. The number of hydrogen-bond donors (Lipinski definition) is 4. The molecule has 2 amide bonds. The Hall–Kier alpha value is -1.80. The van der Waals surface area contributed by atoms with E-state index >= 15 is 0 Å². The maximum absolute atomic E-state index is 11.8. The van der Waals surface area contributed by atoms with Crippen LogP contribution in [0.2, 0.25) is 0 Å². The van der Waals surface area contributed by atoms with Crippen molar-refractivity contribution in [2.75, 3.05) is 13.2 Å². The number of hydrazone groups is 2. The van der Waals surface area contributed by atoms with Gasteiger partial charge in [0.25, 0.3) is 0 Å². The van der Waals surface area contributed by atoms with Crippen molar-refractivity contribution >= 4 is 23.2 Å². The third-order valence-corrected chi connectivity index (χ3v) is 4.44. The fourth-order valence-corrected chi connectivity index (χ4v) is 2.64. The first-order valence-corrected chi connectivity index (χ1v) is 10.8. The van der Waals surface area contributed by atoms with E-state index in [4.69, 9.17) is 10.2 Å². The Labute approximate surface area is 175 Å². The van der Waals surface area contributed by atoms with Crippen LogP contribution in [0.3, 0.4) is 0 Å². The summed E-state index contributed by atoms with van der Waals surface area (Å²) in [6.07, 6.45) is 10.3. The molecule has 0 rings (SSSR count).